The summed E-state index contributed by atoms with van der Waals surface area (Å²) >= 11 is 0. The summed E-state index contributed by atoms with van der Waals surface area (Å²) in [6.07, 6.45) is 2.51. The summed E-state index contributed by atoms with van der Waals surface area (Å²) in [7, 11) is 0. The monoisotopic (exact) mass is 190 g/mol. The van der Waals surface area contributed by atoms with Gasteiger partial charge >= 0.3 is 0 Å². The molecule has 2 nitrogen and oxygen atoms in total. The first kappa shape index (κ1) is 9.53. The second-order valence-electron chi connectivity index (χ2n) is 4.37. The van der Waals surface area contributed by atoms with Crippen molar-refractivity contribution in [3.8, 4) is 0 Å². The predicted octanol–water partition coefficient (Wildman–Crippen LogP) is 2.30. The van der Waals surface area contributed by atoms with Crippen LogP contribution in [0.1, 0.15) is 35.6 Å². The Bertz CT molecular complexity index is 354. The fourth-order valence-electron chi connectivity index (χ4n) is 1.86. The van der Waals surface area contributed by atoms with E-state index in [1.807, 2.05) is 0 Å². The third-order valence-corrected chi connectivity index (χ3v) is 3.31. The van der Waals surface area contributed by atoms with E-state index in [1.165, 1.54) is 24.0 Å². The molecule has 2 heteroatoms. The Kier molecular flexibility index (Phi) is 2.23. The van der Waals surface area contributed by atoms with Crippen LogP contribution in [0.3, 0.4) is 0 Å². The molecular formula is C12H18N2. The molecule has 0 saturated heterocycles. The Morgan fingerprint density at radius 2 is 1.93 bits per heavy atom. The molecule has 0 bridgehead atoms. The summed E-state index contributed by atoms with van der Waals surface area (Å²) in [6.45, 7) is 4.14. The van der Waals surface area contributed by atoms with Crippen molar-refractivity contribution in [2.45, 2.75) is 32.7 Å². The molecule has 1 aliphatic carbocycles. The summed E-state index contributed by atoms with van der Waals surface area (Å²) in [6, 6.07) is 4.35. The molecule has 14 heavy (non-hydrogen) atoms. The van der Waals surface area contributed by atoms with Gasteiger partial charge in [-0.05, 0) is 49.3 Å². The van der Waals surface area contributed by atoms with Gasteiger partial charge in [-0.25, -0.2) is 0 Å². The van der Waals surface area contributed by atoms with Gasteiger partial charge in [0, 0.05) is 11.7 Å². The Labute approximate surface area is 85.3 Å². The van der Waals surface area contributed by atoms with Crippen LogP contribution < -0.4 is 11.5 Å². The smallest absolute Gasteiger partial charge is 0.0394 e. The molecule has 76 valence electrons. The molecule has 0 spiro atoms. The Morgan fingerprint density at radius 3 is 2.50 bits per heavy atom. The van der Waals surface area contributed by atoms with Gasteiger partial charge in [-0.15, -0.1) is 0 Å². The molecule has 1 aromatic rings. The maximum Gasteiger partial charge on any atom is 0.0394 e. The third kappa shape index (κ3) is 1.50. The van der Waals surface area contributed by atoms with Crippen molar-refractivity contribution in [3.05, 3.63) is 28.8 Å². The summed E-state index contributed by atoms with van der Waals surface area (Å²) in [5.41, 5.74) is 16.7. The van der Waals surface area contributed by atoms with Gasteiger partial charge in [-0.1, -0.05) is 12.1 Å². The van der Waals surface area contributed by atoms with Gasteiger partial charge in [-0.3, -0.25) is 0 Å². The molecule has 1 aromatic carbocycles. The van der Waals surface area contributed by atoms with Crippen LogP contribution in [0.5, 0.6) is 0 Å². The van der Waals surface area contributed by atoms with Crippen molar-refractivity contribution in [1.29, 1.82) is 0 Å². The van der Waals surface area contributed by atoms with Crippen LogP contribution in [0, 0.1) is 19.8 Å². The lowest BCUT2D eigenvalue weighted by atomic mass is 9.96. The van der Waals surface area contributed by atoms with E-state index >= 15 is 0 Å². The summed E-state index contributed by atoms with van der Waals surface area (Å²) in [5, 5.41) is 0. The number of nitrogen functional groups attached to an aromatic ring is 1. The van der Waals surface area contributed by atoms with Crippen LogP contribution in [0.15, 0.2) is 12.1 Å². The van der Waals surface area contributed by atoms with Gasteiger partial charge in [-0.2, -0.15) is 0 Å². The fraction of sp³-hybridized carbons (Fsp3) is 0.500. The molecule has 0 radical (unpaired) electrons. The van der Waals surface area contributed by atoms with Crippen LogP contribution in [0.25, 0.3) is 0 Å². The lowest BCUT2D eigenvalue weighted by Gasteiger charge is -2.16. The van der Waals surface area contributed by atoms with Gasteiger partial charge in [0.25, 0.3) is 0 Å². The van der Waals surface area contributed by atoms with E-state index in [0.717, 1.165) is 11.3 Å². The minimum Gasteiger partial charge on any atom is -0.398 e. The van der Waals surface area contributed by atoms with Gasteiger partial charge in [0.15, 0.2) is 0 Å². The highest BCUT2D eigenvalue weighted by molar-refractivity contribution is 5.57. The molecule has 1 saturated carbocycles. The number of rotatable bonds is 2. The van der Waals surface area contributed by atoms with Gasteiger partial charge in [0.05, 0.1) is 0 Å². The molecule has 0 aliphatic heterocycles. The maximum absolute atomic E-state index is 6.14. The molecular weight excluding hydrogens is 172 g/mol. The molecule has 1 atom stereocenters. The molecule has 0 heterocycles. The number of aryl methyl sites for hydroxylation is 1. The minimum atomic E-state index is 0.147. The average molecular weight is 190 g/mol. The van der Waals surface area contributed by atoms with E-state index in [1.54, 1.807) is 0 Å². The van der Waals surface area contributed by atoms with E-state index in [9.17, 15) is 0 Å². The quantitative estimate of drug-likeness (QED) is 0.703. The fourth-order valence-corrected chi connectivity index (χ4v) is 1.86. The molecule has 2 rings (SSSR count). The minimum absolute atomic E-state index is 0.147. The van der Waals surface area contributed by atoms with Gasteiger partial charge < -0.3 is 11.5 Å². The molecule has 0 aromatic heterocycles. The lowest BCUT2D eigenvalue weighted by Crippen LogP contribution is -2.15. The van der Waals surface area contributed by atoms with Crippen LogP contribution in [0.4, 0.5) is 5.69 Å². The van der Waals surface area contributed by atoms with Gasteiger partial charge in [0.2, 0.25) is 0 Å². The molecule has 4 N–H and O–H groups in total. The largest absolute Gasteiger partial charge is 0.398 e. The van der Waals surface area contributed by atoms with Crippen molar-refractivity contribution in [2.75, 3.05) is 5.73 Å². The first-order valence-corrected chi connectivity index (χ1v) is 5.22. The number of anilines is 1. The van der Waals surface area contributed by atoms with Crippen LogP contribution in [-0.2, 0) is 0 Å². The zero-order valence-electron chi connectivity index (χ0n) is 8.88. The van der Waals surface area contributed by atoms with Crippen molar-refractivity contribution in [3.63, 3.8) is 0 Å². The predicted molar refractivity (Wildman–Crippen MR) is 60.0 cm³/mol. The molecule has 0 amide bonds. The second-order valence-corrected chi connectivity index (χ2v) is 4.37. The van der Waals surface area contributed by atoms with Gasteiger partial charge in [0.1, 0.15) is 0 Å². The standard InChI is InChI=1S/C12H18N2/c1-7-3-6-10(11(13)8(7)2)12(14)9-4-5-9/h3,6,9,12H,4-5,13-14H2,1-2H3/t12-/m0/s1. The van der Waals surface area contributed by atoms with Crippen molar-refractivity contribution >= 4 is 5.69 Å². The number of hydrogen-bond acceptors (Lipinski definition) is 2. The molecule has 1 fully saturated rings. The highest BCUT2D eigenvalue weighted by atomic mass is 14.7. The number of nitrogens with two attached hydrogens (primary N) is 2. The van der Waals surface area contributed by atoms with Crippen LogP contribution in [-0.4, -0.2) is 0 Å². The average Bonchev–Trinajstić information content (AvgIpc) is 2.97. The lowest BCUT2D eigenvalue weighted by molar-refractivity contribution is 0.635. The first-order chi connectivity index (χ1) is 6.61. The van der Waals surface area contributed by atoms with Crippen molar-refractivity contribution in [1.82, 2.24) is 0 Å². The maximum atomic E-state index is 6.14. The van der Waals surface area contributed by atoms with Crippen molar-refractivity contribution < 1.29 is 0 Å². The summed E-state index contributed by atoms with van der Waals surface area (Å²) in [4.78, 5) is 0. The summed E-state index contributed by atoms with van der Waals surface area (Å²) < 4.78 is 0. The Morgan fingerprint density at radius 1 is 1.29 bits per heavy atom. The van der Waals surface area contributed by atoms with E-state index in [2.05, 4.69) is 26.0 Å². The zero-order valence-corrected chi connectivity index (χ0v) is 8.88. The van der Waals surface area contributed by atoms with E-state index in [0.29, 0.717) is 5.92 Å². The number of benzene rings is 1. The van der Waals surface area contributed by atoms with Crippen molar-refractivity contribution in [2.24, 2.45) is 11.7 Å². The Balaban J connectivity index is 2.38. The Hall–Kier alpha value is -1.02. The second kappa shape index (κ2) is 3.28. The van der Waals surface area contributed by atoms with E-state index in [-0.39, 0.29) is 6.04 Å². The molecule has 0 unspecified atom stereocenters. The first-order valence-electron chi connectivity index (χ1n) is 5.22. The SMILES string of the molecule is Cc1ccc([C@@H](N)C2CC2)c(N)c1C. The molecule has 1 aliphatic rings. The zero-order chi connectivity index (χ0) is 10.3. The normalized spacial score (nSPS) is 18.2. The summed E-state index contributed by atoms with van der Waals surface area (Å²) in [5.74, 6) is 0.666. The van der Waals surface area contributed by atoms with Crippen LogP contribution >= 0.6 is 0 Å². The topological polar surface area (TPSA) is 52.0 Å². The third-order valence-electron chi connectivity index (χ3n) is 3.31. The van der Waals surface area contributed by atoms with E-state index < -0.39 is 0 Å². The van der Waals surface area contributed by atoms with Crippen LogP contribution in [0.2, 0.25) is 0 Å². The number of hydrogen-bond donors (Lipinski definition) is 2. The highest BCUT2D eigenvalue weighted by Gasteiger charge is 2.30. The van der Waals surface area contributed by atoms with E-state index in [4.69, 9.17) is 11.5 Å². The highest BCUT2D eigenvalue weighted by Crippen LogP contribution is 2.41.